The number of ether oxygens (including phenoxy) is 1. The predicted octanol–water partition coefficient (Wildman–Crippen LogP) is 2.50. The molecular weight excluding hydrogens is 210 g/mol. The molecule has 0 saturated heterocycles. The van der Waals surface area contributed by atoms with Crippen LogP contribution >= 0.6 is 12.4 Å². The first-order chi connectivity index (χ1) is 6.85. The minimum atomic E-state index is 0. The van der Waals surface area contributed by atoms with Gasteiger partial charge in [0.15, 0.2) is 0 Å². The second-order valence-electron chi connectivity index (χ2n) is 3.88. The molecule has 0 aromatic heterocycles. The van der Waals surface area contributed by atoms with Crippen molar-refractivity contribution in [3.05, 3.63) is 29.3 Å². The number of hydrogen-bond donors (Lipinski definition) is 1. The van der Waals surface area contributed by atoms with Gasteiger partial charge in [0.2, 0.25) is 0 Å². The number of aryl methyl sites for hydroxylation is 1. The van der Waals surface area contributed by atoms with E-state index >= 15 is 0 Å². The Bertz CT molecular complexity index is 325. The highest BCUT2D eigenvalue weighted by Crippen LogP contribution is 2.36. The topological polar surface area (TPSA) is 35.2 Å². The van der Waals surface area contributed by atoms with Crippen molar-refractivity contribution >= 4 is 12.4 Å². The van der Waals surface area contributed by atoms with Crippen LogP contribution < -0.4 is 10.5 Å². The molecule has 0 bridgehead atoms. The Morgan fingerprint density at radius 3 is 2.93 bits per heavy atom. The van der Waals surface area contributed by atoms with E-state index < -0.39 is 0 Å². The fourth-order valence-electron chi connectivity index (χ4n) is 2.29. The molecule has 1 aliphatic rings. The zero-order chi connectivity index (χ0) is 9.97. The Hall–Kier alpha value is -0.730. The van der Waals surface area contributed by atoms with Crippen molar-refractivity contribution in [1.82, 2.24) is 0 Å². The molecule has 0 amide bonds. The molecule has 2 N–H and O–H groups in total. The summed E-state index contributed by atoms with van der Waals surface area (Å²) in [6.45, 7) is 0.779. The Kier molecular flexibility index (Phi) is 4.43. The Labute approximate surface area is 97.2 Å². The van der Waals surface area contributed by atoms with Crippen molar-refractivity contribution in [2.45, 2.75) is 25.2 Å². The van der Waals surface area contributed by atoms with Crippen LogP contribution in [0.15, 0.2) is 18.2 Å². The van der Waals surface area contributed by atoms with Crippen LogP contribution in [0.25, 0.3) is 0 Å². The van der Waals surface area contributed by atoms with E-state index in [0.29, 0.717) is 5.92 Å². The van der Waals surface area contributed by atoms with Crippen molar-refractivity contribution in [2.75, 3.05) is 13.7 Å². The van der Waals surface area contributed by atoms with Gasteiger partial charge in [0.25, 0.3) is 0 Å². The van der Waals surface area contributed by atoms with Crippen LogP contribution in [0.4, 0.5) is 0 Å². The van der Waals surface area contributed by atoms with Gasteiger partial charge in [-0.25, -0.2) is 0 Å². The molecule has 0 aliphatic heterocycles. The summed E-state index contributed by atoms with van der Waals surface area (Å²) in [5, 5.41) is 0. The minimum Gasteiger partial charge on any atom is -0.497 e. The number of nitrogens with two attached hydrogens (primary N) is 1. The zero-order valence-corrected chi connectivity index (χ0v) is 9.85. The first-order valence-corrected chi connectivity index (χ1v) is 5.22. The van der Waals surface area contributed by atoms with Gasteiger partial charge in [0, 0.05) is 0 Å². The number of benzene rings is 1. The van der Waals surface area contributed by atoms with Crippen LogP contribution in [0.2, 0.25) is 0 Å². The summed E-state index contributed by atoms with van der Waals surface area (Å²) >= 11 is 0. The first kappa shape index (κ1) is 12.3. The van der Waals surface area contributed by atoms with E-state index in [-0.39, 0.29) is 12.4 Å². The predicted molar refractivity (Wildman–Crippen MR) is 65.0 cm³/mol. The summed E-state index contributed by atoms with van der Waals surface area (Å²) in [7, 11) is 1.72. The molecule has 2 rings (SSSR count). The van der Waals surface area contributed by atoms with Gasteiger partial charge in [-0.3, -0.25) is 0 Å². The number of hydrogen-bond acceptors (Lipinski definition) is 2. The summed E-state index contributed by atoms with van der Waals surface area (Å²) < 4.78 is 5.23. The molecule has 1 aromatic rings. The molecule has 0 fully saturated rings. The third-order valence-electron chi connectivity index (χ3n) is 3.07. The summed E-state index contributed by atoms with van der Waals surface area (Å²) in [4.78, 5) is 0. The van der Waals surface area contributed by atoms with Crippen LogP contribution in [-0.2, 0) is 6.42 Å². The highest BCUT2D eigenvalue weighted by molar-refractivity contribution is 5.85. The van der Waals surface area contributed by atoms with E-state index in [1.807, 2.05) is 6.07 Å². The molecular formula is C12H18ClNO. The van der Waals surface area contributed by atoms with Gasteiger partial charge in [0.1, 0.15) is 5.75 Å². The first-order valence-electron chi connectivity index (χ1n) is 5.22. The number of fused-ring (bicyclic) bond motifs is 1. The zero-order valence-electron chi connectivity index (χ0n) is 9.03. The van der Waals surface area contributed by atoms with Crippen LogP contribution in [-0.4, -0.2) is 13.7 Å². The highest BCUT2D eigenvalue weighted by Gasteiger charge is 2.21. The summed E-state index contributed by atoms with van der Waals surface area (Å²) in [5.74, 6) is 1.62. The van der Waals surface area contributed by atoms with Gasteiger partial charge in [-0.15, -0.1) is 12.4 Å². The highest BCUT2D eigenvalue weighted by atomic mass is 35.5. The monoisotopic (exact) mass is 227 g/mol. The van der Waals surface area contributed by atoms with Gasteiger partial charge in [-0.05, 0) is 55.0 Å². The third-order valence-corrected chi connectivity index (χ3v) is 3.07. The molecule has 1 aliphatic carbocycles. The SMILES string of the molecule is COc1ccc2c(c1)[C@H](CCN)CC2.Cl. The molecule has 0 spiro atoms. The maximum absolute atomic E-state index is 5.60. The van der Waals surface area contributed by atoms with Crippen LogP contribution in [0.1, 0.15) is 29.9 Å². The quantitative estimate of drug-likeness (QED) is 0.861. The lowest BCUT2D eigenvalue weighted by Crippen LogP contribution is -2.04. The minimum absolute atomic E-state index is 0. The number of methoxy groups -OCH3 is 1. The summed E-state index contributed by atoms with van der Waals surface area (Å²) in [5.41, 5.74) is 8.53. The average molecular weight is 228 g/mol. The van der Waals surface area contributed by atoms with Gasteiger partial charge in [0.05, 0.1) is 7.11 Å². The van der Waals surface area contributed by atoms with Crippen LogP contribution in [0.3, 0.4) is 0 Å². The van der Waals surface area contributed by atoms with Crippen LogP contribution in [0, 0.1) is 0 Å². The molecule has 15 heavy (non-hydrogen) atoms. The maximum atomic E-state index is 5.60. The van der Waals surface area contributed by atoms with Crippen molar-refractivity contribution < 1.29 is 4.74 Å². The van der Waals surface area contributed by atoms with E-state index in [9.17, 15) is 0 Å². The third kappa shape index (κ3) is 2.44. The molecule has 0 radical (unpaired) electrons. The van der Waals surface area contributed by atoms with Gasteiger partial charge >= 0.3 is 0 Å². The molecule has 1 aromatic carbocycles. The molecule has 0 saturated carbocycles. The van der Waals surface area contributed by atoms with E-state index in [4.69, 9.17) is 10.5 Å². The second-order valence-corrected chi connectivity index (χ2v) is 3.88. The lowest BCUT2D eigenvalue weighted by atomic mass is 9.98. The largest absolute Gasteiger partial charge is 0.497 e. The van der Waals surface area contributed by atoms with E-state index in [0.717, 1.165) is 18.7 Å². The Balaban J connectivity index is 0.00000112. The van der Waals surface area contributed by atoms with Crippen molar-refractivity contribution in [2.24, 2.45) is 5.73 Å². The normalized spacial score (nSPS) is 18.1. The fourth-order valence-corrected chi connectivity index (χ4v) is 2.29. The van der Waals surface area contributed by atoms with E-state index in [2.05, 4.69) is 12.1 Å². The second kappa shape index (κ2) is 5.38. The lowest BCUT2D eigenvalue weighted by Gasteiger charge is -2.10. The lowest BCUT2D eigenvalue weighted by molar-refractivity contribution is 0.414. The molecule has 1 atom stereocenters. The standard InChI is InChI=1S/C12H17NO.ClH/c1-14-11-5-4-9-2-3-10(6-7-13)12(9)8-11;/h4-5,8,10H,2-3,6-7,13H2,1H3;1H/t10-;/m0./s1. The van der Waals surface area contributed by atoms with Crippen LogP contribution in [0.5, 0.6) is 5.75 Å². The molecule has 2 nitrogen and oxygen atoms in total. The number of halogens is 1. The number of rotatable bonds is 3. The van der Waals surface area contributed by atoms with Gasteiger partial charge < -0.3 is 10.5 Å². The van der Waals surface area contributed by atoms with E-state index in [1.165, 1.54) is 24.0 Å². The molecule has 3 heteroatoms. The van der Waals surface area contributed by atoms with Crippen molar-refractivity contribution in [3.8, 4) is 5.75 Å². The Morgan fingerprint density at radius 2 is 2.27 bits per heavy atom. The van der Waals surface area contributed by atoms with Crippen molar-refractivity contribution in [3.63, 3.8) is 0 Å². The average Bonchev–Trinajstić information content (AvgIpc) is 2.61. The fraction of sp³-hybridized carbons (Fsp3) is 0.500. The van der Waals surface area contributed by atoms with Crippen molar-refractivity contribution in [1.29, 1.82) is 0 Å². The maximum Gasteiger partial charge on any atom is 0.119 e. The summed E-state index contributed by atoms with van der Waals surface area (Å²) in [6, 6.07) is 6.40. The molecule has 0 heterocycles. The molecule has 0 unspecified atom stereocenters. The summed E-state index contributed by atoms with van der Waals surface area (Å²) in [6.07, 6.45) is 3.55. The smallest absolute Gasteiger partial charge is 0.119 e. The van der Waals surface area contributed by atoms with E-state index in [1.54, 1.807) is 7.11 Å². The Morgan fingerprint density at radius 1 is 1.47 bits per heavy atom. The van der Waals surface area contributed by atoms with Gasteiger partial charge in [-0.2, -0.15) is 0 Å². The molecule has 84 valence electrons. The van der Waals surface area contributed by atoms with Gasteiger partial charge in [-0.1, -0.05) is 6.07 Å².